The molecule has 1 heterocycles. The second-order valence-corrected chi connectivity index (χ2v) is 6.32. The molecular weight excluding hydrogens is 254 g/mol. The molecule has 0 radical (unpaired) electrons. The van der Waals surface area contributed by atoms with Gasteiger partial charge in [-0.1, -0.05) is 13.8 Å². The Morgan fingerprint density at radius 3 is 2.40 bits per heavy atom. The Morgan fingerprint density at radius 2 is 1.90 bits per heavy atom. The van der Waals surface area contributed by atoms with Crippen LogP contribution in [0.2, 0.25) is 0 Å². The monoisotopic (exact) mass is 283 g/mol. The highest BCUT2D eigenvalue weighted by Gasteiger charge is 2.38. The summed E-state index contributed by atoms with van der Waals surface area (Å²) < 4.78 is 0. The van der Waals surface area contributed by atoms with Crippen LogP contribution in [0.1, 0.15) is 47.0 Å². The summed E-state index contributed by atoms with van der Waals surface area (Å²) in [7, 11) is 1.66. The Morgan fingerprint density at radius 1 is 1.25 bits per heavy atom. The van der Waals surface area contributed by atoms with E-state index in [0.29, 0.717) is 5.92 Å². The molecule has 20 heavy (non-hydrogen) atoms. The fourth-order valence-corrected chi connectivity index (χ4v) is 2.83. The van der Waals surface area contributed by atoms with Gasteiger partial charge in [0, 0.05) is 13.1 Å². The van der Waals surface area contributed by atoms with E-state index < -0.39 is 0 Å². The molecule has 5 heteroatoms. The lowest BCUT2D eigenvalue weighted by molar-refractivity contribution is -0.131. The first-order valence-electron chi connectivity index (χ1n) is 7.64. The van der Waals surface area contributed by atoms with Crippen molar-refractivity contribution in [1.82, 2.24) is 15.5 Å². The predicted molar refractivity (Wildman–Crippen MR) is 80.3 cm³/mol. The quantitative estimate of drug-likeness (QED) is 0.768. The van der Waals surface area contributed by atoms with Crippen molar-refractivity contribution in [2.24, 2.45) is 5.92 Å². The molecule has 0 aliphatic carbocycles. The lowest BCUT2D eigenvalue weighted by atomic mass is 10.0. The van der Waals surface area contributed by atoms with Crippen molar-refractivity contribution in [3.05, 3.63) is 0 Å². The third-order valence-corrected chi connectivity index (χ3v) is 3.67. The van der Waals surface area contributed by atoms with Crippen molar-refractivity contribution in [2.45, 2.75) is 65.1 Å². The molecule has 116 valence electrons. The van der Waals surface area contributed by atoms with Crippen LogP contribution >= 0.6 is 0 Å². The van der Waals surface area contributed by atoms with E-state index in [9.17, 15) is 9.59 Å². The van der Waals surface area contributed by atoms with Gasteiger partial charge in [0.1, 0.15) is 0 Å². The Bertz CT molecular complexity index is 342. The van der Waals surface area contributed by atoms with Crippen molar-refractivity contribution in [2.75, 3.05) is 13.6 Å². The number of rotatable bonds is 6. The predicted octanol–water partition coefficient (Wildman–Crippen LogP) is 1.14. The Balaban J connectivity index is 2.82. The number of amides is 2. The topological polar surface area (TPSA) is 61.4 Å². The molecular formula is C15H29N3O2. The highest BCUT2D eigenvalue weighted by molar-refractivity contribution is 5.85. The number of carbonyl (C=O) groups is 2. The molecule has 1 rings (SSSR count). The molecule has 1 aliphatic heterocycles. The summed E-state index contributed by atoms with van der Waals surface area (Å²) in [5.41, 5.74) is 0. The summed E-state index contributed by atoms with van der Waals surface area (Å²) in [6.45, 7) is 8.95. The third kappa shape index (κ3) is 4.47. The van der Waals surface area contributed by atoms with E-state index in [0.717, 1.165) is 25.8 Å². The van der Waals surface area contributed by atoms with Crippen LogP contribution in [0.5, 0.6) is 0 Å². The van der Waals surface area contributed by atoms with Gasteiger partial charge in [-0.3, -0.25) is 14.5 Å². The van der Waals surface area contributed by atoms with E-state index in [2.05, 4.69) is 29.4 Å². The molecule has 0 saturated carbocycles. The number of hydrogen-bond donors (Lipinski definition) is 2. The SMILES string of the molecule is CNC(=O)[C@@H](CC(C)C)N1CCC[C@H]1C(=O)NC(C)C. The zero-order chi connectivity index (χ0) is 15.3. The fourth-order valence-electron chi connectivity index (χ4n) is 2.83. The van der Waals surface area contributed by atoms with Crippen LogP contribution in [0.3, 0.4) is 0 Å². The summed E-state index contributed by atoms with van der Waals surface area (Å²) in [4.78, 5) is 26.5. The van der Waals surface area contributed by atoms with Gasteiger partial charge in [-0.05, 0) is 45.6 Å². The van der Waals surface area contributed by atoms with Crippen LogP contribution in [-0.2, 0) is 9.59 Å². The van der Waals surface area contributed by atoms with E-state index in [-0.39, 0.29) is 29.9 Å². The number of likely N-dealkylation sites (tertiary alicyclic amines) is 1. The van der Waals surface area contributed by atoms with Crippen molar-refractivity contribution >= 4 is 11.8 Å². The minimum absolute atomic E-state index is 0.0166. The van der Waals surface area contributed by atoms with Gasteiger partial charge in [-0.15, -0.1) is 0 Å². The van der Waals surface area contributed by atoms with Gasteiger partial charge in [-0.25, -0.2) is 0 Å². The van der Waals surface area contributed by atoms with Crippen molar-refractivity contribution in [1.29, 1.82) is 0 Å². The standard InChI is InChI=1S/C15H29N3O2/c1-10(2)9-13(14(19)16-5)18-8-6-7-12(18)15(20)17-11(3)4/h10-13H,6-9H2,1-5H3,(H,16,19)(H,17,20)/t12-,13+/m0/s1. The highest BCUT2D eigenvalue weighted by Crippen LogP contribution is 2.24. The highest BCUT2D eigenvalue weighted by atomic mass is 16.2. The molecule has 0 aromatic carbocycles. The number of hydrogen-bond acceptors (Lipinski definition) is 3. The average Bonchev–Trinajstić information content (AvgIpc) is 2.82. The van der Waals surface area contributed by atoms with Crippen LogP contribution in [-0.4, -0.2) is 48.4 Å². The van der Waals surface area contributed by atoms with E-state index in [1.165, 1.54) is 0 Å². The summed E-state index contributed by atoms with van der Waals surface area (Å²) in [6, 6.07) is -0.239. The maximum Gasteiger partial charge on any atom is 0.237 e. The molecule has 1 saturated heterocycles. The molecule has 5 nitrogen and oxygen atoms in total. The smallest absolute Gasteiger partial charge is 0.237 e. The molecule has 1 fully saturated rings. The summed E-state index contributed by atoms with van der Waals surface area (Å²) in [5.74, 6) is 0.491. The molecule has 2 atom stereocenters. The Hall–Kier alpha value is -1.10. The van der Waals surface area contributed by atoms with Gasteiger partial charge in [0.25, 0.3) is 0 Å². The summed E-state index contributed by atoms with van der Waals surface area (Å²) in [6.07, 6.45) is 2.59. The van der Waals surface area contributed by atoms with Gasteiger partial charge in [0.15, 0.2) is 0 Å². The Kier molecular flexibility index (Phi) is 6.46. The van der Waals surface area contributed by atoms with E-state index in [1.807, 2.05) is 13.8 Å². The average molecular weight is 283 g/mol. The number of likely N-dealkylation sites (N-methyl/N-ethyl adjacent to an activating group) is 1. The number of nitrogens with one attached hydrogen (secondary N) is 2. The number of nitrogens with zero attached hydrogens (tertiary/aromatic N) is 1. The van der Waals surface area contributed by atoms with E-state index >= 15 is 0 Å². The minimum atomic E-state index is -0.203. The Labute approximate surface area is 122 Å². The van der Waals surface area contributed by atoms with Crippen LogP contribution in [0.15, 0.2) is 0 Å². The van der Waals surface area contributed by atoms with Gasteiger partial charge in [0.2, 0.25) is 11.8 Å². The normalized spacial score (nSPS) is 21.2. The zero-order valence-corrected chi connectivity index (χ0v) is 13.4. The molecule has 2 amide bonds. The molecule has 0 unspecified atom stereocenters. The fraction of sp³-hybridized carbons (Fsp3) is 0.867. The first kappa shape index (κ1) is 17.0. The summed E-state index contributed by atoms with van der Waals surface area (Å²) >= 11 is 0. The molecule has 0 bridgehead atoms. The van der Waals surface area contributed by atoms with Gasteiger partial charge in [-0.2, -0.15) is 0 Å². The first-order chi connectivity index (χ1) is 9.36. The van der Waals surface area contributed by atoms with E-state index in [1.54, 1.807) is 7.05 Å². The van der Waals surface area contributed by atoms with Gasteiger partial charge >= 0.3 is 0 Å². The van der Waals surface area contributed by atoms with Crippen LogP contribution in [0.4, 0.5) is 0 Å². The maximum absolute atomic E-state index is 12.3. The van der Waals surface area contributed by atoms with Crippen LogP contribution in [0.25, 0.3) is 0 Å². The second-order valence-electron chi connectivity index (χ2n) is 6.32. The third-order valence-electron chi connectivity index (χ3n) is 3.67. The molecule has 2 N–H and O–H groups in total. The molecule has 0 spiro atoms. The van der Waals surface area contributed by atoms with Crippen molar-refractivity contribution in [3.63, 3.8) is 0 Å². The lowest BCUT2D eigenvalue weighted by Crippen LogP contribution is -2.54. The zero-order valence-electron chi connectivity index (χ0n) is 13.4. The van der Waals surface area contributed by atoms with Gasteiger partial charge in [0.05, 0.1) is 12.1 Å². The van der Waals surface area contributed by atoms with Gasteiger partial charge < -0.3 is 10.6 Å². The lowest BCUT2D eigenvalue weighted by Gasteiger charge is -2.32. The second kappa shape index (κ2) is 7.62. The molecule has 0 aromatic heterocycles. The van der Waals surface area contributed by atoms with Crippen molar-refractivity contribution in [3.8, 4) is 0 Å². The summed E-state index contributed by atoms with van der Waals surface area (Å²) in [5, 5.41) is 5.70. The maximum atomic E-state index is 12.3. The van der Waals surface area contributed by atoms with Crippen molar-refractivity contribution < 1.29 is 9.59 Å². The molecule has 0 aromatic rings. The first-order valence-corrected chi connectivity index (χ1v) is 7.64. The largest absolute Gasteiger partial charge is 0.358 e. The minimum Gasteiger partial charge on any atom is -0.358 e. The molecule has 1 aliphatic rings. The van der Waals surface area contributed by atoms with E-state index in [4.69, 9.17) is 0 Å². The number of carbonyl (C=O) groups excluding carboxylic acids is 2. The van der Waals surface area contributed by atoms with Crippen LogP contribution < -0.4 is 10.6 Å². The van der Waals surface area contributed by atoms with Crippen LogP contribution in [0, 0.1) is 5.92 Å².